The maximum absolute atomic E-state index is 13.1. The van der Waals surface area contributed by atoms with Crippen LogP contribution < -0.4 is 4.74 Å². The number of benzene rings is 2. The fourth-order valence-corrected chi connectivity index (χ4v) is 3.43. The molecule has 0 radical (unpaired) electrons. The molecule has 2 heterocycles. The first-order chi connectivity index (χ1) is 13.1. The molecule has 0 spiro atoms. The van der Waals surface area contributed by atoms with Gasteiger partial charge in [-0.15, -0.1) is 0 Å². The zero-order valence-electron chi connectivity index (χ0n) is 14.9. The molecule has 0 amide bonds. The van der Waals surface area contributed by atoms with Crippen LogP contribution >= 0.6 is 11.6 Å². The Bertz CT molecular complexity index is 1110. The van der Waals surface area contributed by atoms with Crippen LogP contribution in [-0.2, 0) is 6.54 Å². The first-order valence-electron chi connectivity index (χ1n) is 8.45. The van der Waals surface area contributed by atoms with Crippen molar-refractivity contribution in [2.45, 2.75) is 13.5 Å². The van der Waals surface area contributed by atoms with Gasteiger partial charge >= 0.3 is 0 Å². The van der Waals surface area contributed by atoms with Gasteiger partial charge in [-0.1, -0.05) is 28.9 Å². The quantitative estimate of drug-likeness (QED) is 0.463. The average Bonchev–Trinajstić information content (AvgIpc) is 3.30. The van der Waals surface area contributed by atoms with Crippen molar-refractivity contribution in [1.29, 1.82) is 0 Å². The molecule has 6 heteroatoms. The molecule has 0 unspecified atom stereocenters. The van der Waals surface area contributed by atoms with Gasteiger partial charge in [0.2, 0.25) is 5.78 Å². The van der Waals surface area contributed by atoms with E-state index in [0.717, 1.165) is 22.2 Å². The molecule has 0 atom stereocenters. The summed E-state index contributed by atoms with van der Waals surface area (Å²) in [5.41, 5.74) is 3.80. The van der Waals surface area contributed by atoms with E-state index in [4.69, 9.17) is 20.9 Å². The van der Waals surface area contributed by atoms with Gasteiger partial charge in [0.25, 0.3) is 0 Å². The van der Waals surface area contributed by atoms with E-state index >= 15 is 0 Å². The second kappa shape index (κ2) is 6.93. The number of halogens is 1. The monoisotopic (exact) mass is 380 g/mol. The number of nitrogens with zero attached hydrogens (tertiary/aromatic N) is 2. The first kappa shape index (κ1) is 17.4. The van der Waals surface area contributed by atoms with Crippen molar-refractivity contribution < 1.29 is 14.1 Å². The average molecular weight is 381 g/mol. The number of hydrogen-bond acceptors (Lipinski definition) is 4. The van der Waals surface area contributed by atoms with Gasteiger partial charge in [-0.3, -0.25) is 4.79 Å². The highest BCUT2D eigenvalue weighted by molar-refractivity contribution is 6.30. The molecule has 0 saturated heterocycles. The molecule has 5 nitrogen and oxygen atoms in total. The molecule has 136 valence electrons. The Labute approximate surface area is 161 Å². The van der Waals surface area contributed by atoms with E-state index in [9.17, 15) is 4.79 Å². The summed E-state index contributed by atoms with van der Waals surface area (Å²) in [5.74, 6) is 0.523. The lowest BCUT2D eigenvalue weighted by atomic mass is 10.0. The van der Waals surface area contributed by atoms with Crippen LogP contribution in [0.5, 0.6) is 5.75 Å². The highest BCUT2D eigenvalue weighted by Gasteiger charge is 2.23. The zero-order valence-corrected chi connectivity index (χ0v) is 15.7. The van der Waals surface area contributed by atoms with E-state index in [-0.39, 0.29) is 11.5 Å². The van der Waals surface area contributed by atoms with Crippen LogP contribution in [0.3, 0.4) is 0 Å². The third kappa shape index (κ3) is 3.11. The first-order valence-corrected chi connectivity index (χ1v) is 8.82. The Hall–Kier alpha value is -3.05. The van der Waals surface area contributed by atoms with E-state index in [1.165, 1.54) is 6.26 Å². The minimum atomic E-state index is -0.172. The minimum absolute atomic E-state index is 0.172. The Morgan fingerprint density at radius 3 is 2.63 bits per heavy atom. The molecule has 0 N–H and O–H groups in total. The molecule has 0 saturated carbocycles. The second-order valence-corrected chi connectivity index (χ2v) is 6.71. The van der Waals surface area contributed by atoms with E-state index in [0.29, 0.717) is 22.9 Å². The number of ether oxygens (including phenoxy) is 1. The van der Waals surface area contributed by atoms with Gasteiger partial charge in [-0.25, -0.2) is 0 Å². The van der Waals surface area contributed by atoms with Crippen molar-refractivity contribution in [2.24, 2.45) is 0 Å². The number of carbonyl (C=O) groups is 1. The Balaban J connectivity index is 1.90. The fourth-order valence-electron chi connectivity index (χ4n) is 3.31. The fraction of sp³-hybridized carbons (Fsp3) is 0.143. The second-order valence-electron chi connectivity index (χ2n) is 6.27. The Morgan fingerprint density at radius 1 is 1.19 bits per heavy atom. The van der Waals surface area contributed by atoms with Crippen LogP contribution in [-0.4, -0.2) is 22.6 Å². The molecule has 2 aromatic heterocycles. The van der Waals surface area contributed by atoms with Crippen LogP contribution in [0.4, 0.5) is 0 Å². The molecule has 0 fully saturated rings. The predicted molar refractivity (Wildman–Crippen MR) is 104 cm³/mol. The molecule has 0 aliphatic heterocycles. The molecule has 27 heavy (non-hydrogen) atoms. The molecule has 4 rings (SSSR count). The topological polar surface area (TPSA) is 57.3 Å². The molecule has 0 aliphatic carbocycles. The molecule has 2 aromatic carbocycles. The van der Waals surface area contributed by atoms with Crippen molar-refractivity contribution in [3.63, 3.8) is 0 Å². The van der Waals surface area contributed by atoms with Crippen LogP contribution in [0, 0.1) is 6.92 Å². The summed E-state index contributed by atoms with van der Waals surface area (Å²) >= 11 is 6.00. The van der Waals surface area contributed by atoms with Crippen molar-refractivity contribution >= 4 is 28.3 Å². The number of ketones is 1. The smallest absolute Gasteiger partial charge is 0.217 e. The largest absolute Gasteiger partial charge is 0.497 e. The van der Waals surface area contributed by atoms with E-state index in [2.05, 4.69) is 9.72 Å². The molecular formula is C21H17ClN2O3. The molecule has 4 aromatic rings. The zero-order chi connectivity index (χ0) is 19.0. The van der Waals surface area contributed by atoms with E-state index in [1.807, 2.05) is 49.4 Å². The van der Waals surface area contributed by atoms with Gasteiger partial charge in [0, 0.05) is 34.2 Å². The van der Waals surface area contributed by atoms with Gasteiger partial charge in [-0.2, -0.15) is 0 Å². The number of aromatic nitrogens is 2. The summed E-state index contributed by atoms with van der Waals surface area (Å²) in [6.45, 7) is 2.56. The van der Waals surface area contributed by atoms with Crippen LogP contribution in [0.25, 0.3) is 10.9 Å². The van der Waals surface area contributed by atoms with Gasteiger partial charge in [-0.05, 0) is 42.8 Å². The standard InChI is InChI=1S/C21H17ClN2O3/c1-13-20(21(25)18-9-10-27-23-18)17-11-16(26-2)7-8-19(17)24(13)12-14-3-5-15(22)6-4-14/h3-11H,12H2,1-2H3. The molecular weight excluding hydrogens is 364 g/mol. The van der Waals surface area contributed by atoms with Crippen molar-refractivity contribution in [3.05, 3.63) is 82.3 Å². The lowest BCUT2D eigenvalue weighted by Crippen LogP contribution is -2.06. The number of fused-ring (bicyclic) bond motifs is 1. The number of methoxy groups -OCH3 is 1. The highest BCUT2D eigenvalue weighted by atomic mass is 35.5. The van der Waals surface area contributed by atoms with Gasteiger partial charge < -0.3 is 13.8 Å². The lowest BCUT2D eigenvalue weighted by molar-refractivity contribution is 0.103. The maximum atomic E-state index is 13.1. The molecule has 0 bridgehead atoms. The van der Waals surface area contributed by atoms with Gasteiger partial charge in [0.05, 0.1) is 12.7 Å². The number of carbonyl (C=O) groups excluding carboxylic acids is 1. The number of rotatable bonds is 5. The lowest BCUT2D eigenvalue weighted by Gasteiger charge is -2.09. The SMILES string of the molecule is COc1ccc2c(c1)c(C(=O)c1ccon1)c(C)n2Cc1ccc(Cl)cc1. The third-order valence-electron chi connectivity index (χ3n) is 4.68. The number of hydrogen-bond donors (Lipinski definition) is 0. The van der Waals surface area contributed by atoms with Crippen LogP contribution in [0.1, 0.15) is 27.3 Å². The Kier molecular flexibility index (Phi) is 4.46. The summed E-state index contributed by atoms with van der Waals surface area (Å²) in [6, 6.07) is 15.0. The normalized spacial score (nSPS) is 11.1. The predicted octanol–water partition coefficient (Wildman–Crippen LogP) is 4.88. The van der Waals surface area contributed by atoms with Crippen LogP contribution in [0.2, 0.25) is 5.02 Å². The third-order valence-corrected chi connectivity index (χ3v) is 4.93. The van der Waals surface area contributed by atoms with Gasteiger partial charge in [0.1, 0.15) is 12.0 Å². The summed E-state index contributed by atoms with van der Waals surface area (Å²) in [5, 5.41) is 5.33. The maximum Gasteiger partial charge on any atom is 0.217 e. The minimum Gasteiger partial charge on any atom is -0.497 e. The summed E-state index contributed by atoms with van der Waals surface area (Å²) in [7, 11) is 1.61. The summed E-state index contributed by atoms with van der Waals surface area (Å²) < 4.78 is 12.3. The van der Waals surface area contributed by atoms with Crippen molar-refractivity contribution in [1.82, 2.24) is 9.72 Å². The Morgan fingerprint density at radius 2 is 1.96 bits per heavy atom. The summed E-state index contributed by atoms with van der Waals surface area (Å²) in [4.78, 5) is 13.1. The van der Waals surface area contributed by atoms with Crippen molar-refractivity contribution in [3.8, 4) is 5.75 Å². The van der Waals surface area contributed by atoms with E-state index in [1.54, 1.807) is 13.2 Å². The molecule has 0 aliphatic rings. The van der Waals surface area contributed by atoms with E-state index < -0.39 is 0 Å². The van der Waals surface area contributed by atoms with Crippen LogP contribution in [0.15, 0.2) is 59.3 Å². The highest BCUT2D eigenvalue weighted by Crippen LogP contribution is 2.31. The van der Waals surface area contributed by atoms with Crippen molar-refractivity contribution in [2.75, 3.05) is 7.11 Å². The summed E-state index contributed by atoms with van der Waals surface area (Å²) in [6.07, 6.45) is 1.40. The van der Waals surface area contributed by atoms with Gasteiger partial charge in [0.15, 0.2) is 5.69 Å².